The quantitative estimate of drug-likeness (QED) is 0.783. The molecule has 0 spiro atoms. The number of phenolic OH excluding ortho intramolecular Hbond substituents is 1. The van der Waals surface area contributed by atoms with Crippen LogP contribution in [0, 0.1) is 3.57 Å². The van der Waals surface area contributed by atoms with E-state index >= 15 is 0 Å². The van der Waals surface area contributed by atoms with Crippen LogP contribution in [0.15, 0.2) is 18.2 Å². The van der Waals surface area contributed by atoms with Crippen molar-refractivity contribution in [2.45, 2.75) is 38.8 Å². The van der Waals surface area contributed by atoms with Crippen LogP contribution in [0.2, 0.25) is 0 Å². The smallest absolute Gasteiger partial charge is 0.254 e. The van der Waals surface area contributed by atoms with Crippen LogP contribution in [0.4, 0.5) is 0 Å². The van der Waals surface area contributed by atoms with Gasteiger partial charge in [-0.1, -0.05) is 13.8 Å². The Bertz CT molecular complexity index is 493. The molecule has 1 aliphatic rings. The fourth-order valence-electron chi connectivity index (χ4n) is 2.56. The van der Waals surface area contributed by atoms with Gasteiger partial charge in [-0.15, -0.1) is 0 Å². The molecular formula is C15H21IN2O2. The SMILES string of the molecule is CCC1CN(C(=O)c2ccc(I)c(O)c2)C(CC)CN1. The molecule has 1 heterocycles. The zero-order valence-corrected chi connectivity index (χ0v) is 14.1. The fraction of sp³-hybridized carbons (Fsp3) is 0.533. The summed E-state index contributed by atoms with van der Waals surface area (Å²) < 4.78 is 0.762. The first kappa shape index (κ1) is 15.6. The minimum absolute atomic E-state index is 0.0171. The van der Waals surface area contributed by atoms with Crippen molar-refractivity contribution in [3.63, 3.8) is 0 Å². The Morgan fingerprint density at radius 3 is 2.80 bits per heavy atom. The third-order valence-electron chi connectivity index (χ3n) is 3.92. The molecule has 1 amide bonds. The van der Waals surface area contributed by atoms with Crippen molar-refractivity contribution in [3.05, 3.63) is 27.3 Å². The zero-order chi connectivity index (χ0) is 14.7. The molecule has 2 atom stereocenters. The second-order valence-corrected chi connectivity index (χ2v) is 6.36. The van der Waals surface area contributed by atoms with Crippen LogP contribution >= 0.6 is 22.6 Å². The van der Waals surface area contributed by atoms with Gasteiger partial charge in [-0.3, -0.25) is 4.79 Å². The maximum absolute atomic E-state index is 12.7. The largest absolute Gasteiger partial charge is 0.507 e. The van der Waals surface area contributed by atoms with Crippen molar-refractivity contribution >= 4 is 28.5 Å². The van der Waals surface area contributed by atoms with E-state index in [-0.39, 0.29) is 17.7 Å². The van der Waals surface area contributed by atoms with Crippen LogP contribution in [-0.2, 0) is 0 Å². The van der Waals surface area contributed by atoms with E-state index in [0.717, 1.165) is 29.5 Å². The standard InChI is InChI=1S/C15H21IN2O2/c1-3-11-9-18(12(4-2)8-17-11)15(20)10-5-6-13(16)14(19)7-10/h5-7,11-12,17,19H,3-4,8-9H2,1-2H3. The van der Waals surface area contributed by atoms with E-state index in [9.17, 15) is 9.90 Å². The van der Waals surface area contributed by atoms with Crippen molar-refractivity contribution in [3.8, 4) is 5.75 Å². The van der Waals surface area contributed by atoms with Crippen molar-refractivity contribution in [2.24, 2.45) is 0 Å². The Morgan fingerprint density at radius 1 is 1.45 bits per heavy atom. The second-order valence-electron chi connectivity index (χ2n) is 5.20. The summed E-state index contributed by atoms with van der Waals surface area (Å²) in [5.74, 6) is 0.190. The Kier molecular flexibility index (Phi) is 5.26. The summed E-state index contributed by atoms with van der Waals surface area (Å²) in [6.45, 7) is 5.81. The van der Waals surface area contributed by atoms with E-state index in [4.69, 9.17) is 0 Å². The van der Waals surface area contributed by atoms with Gasteiger partial charge < -0.3 is 15.3 Å². The molecule has 4 nitrogen and oxygen atoms in total. The normalized spacial score (nSPS) is 22.9. The number of phenols is 1. The maximum Gasteiger partial charge on any atom is 0.254 e. The maximum atomic E-state index is 12.7. The Labute approximate surface area is 133 Å². The summed E-state index contributed by atoms with van der Waals surface area (Å²) in [6, 6.07) is 5.73. The highest BCUT2D eigenvalue weighted by atomic mass is 127. The highest BCUT2D eigenvalue weighted by Crippen LogP contribution is 2.23. The monoisotopic (exact) mass is 388 g/mol. The Balaban J connectivity index is 2.22. The number of benzene rings is 1. The van der Waals surface area contributed by atoms with E-state index in [1.165, 1.54) is 0 Å². The number of carbonyl (C=O) groups excluding carboxylic acids is 1. The topological polar surface area (TPSA) is 52.6 Å². The number of aromatic hydroxyl groups is 1. The first-order chi connectivity index (χ1) is 9.56. The van der Waals surface area contributed by atoms with Crippen LogP contribution < -0.4 is 5.32 Å². The summed E-state index contributed by atoms with van der Waals surface area (Å²) in [4.78, 5) is 14.6. The lowest BCUT2D eigenvalue weighted by Gasteiger charge is -2.40. The molecule has 1 saturated heterocycles. The van der Waals surface area contributed by atoms with Gasteiger partial charge in [0.1, 0.15) is 5.75 Å². The van der Waals surface area contributed by atoms with Gasteiger partial charge in [0.25, 0.3) is 5.91 Å². The minimum Gasteiger partial charge on any atom is -0.507 e. The van der Waals surface area contributed by atoms with E-state index in [2.05, 4.69) is 41.8 Å². The van der Waals surface area contributed by atoms with E-state index < -0.39 is 0 Å². The zero-order valence-electron chi connectivity index (χ0n) is 11.9. The lowest BCUT2D eigenvalue weighted by molar-refractivity contribution is 0.0575. The minimum atomic E-state index is 0.0171. The molecule has 1 aromatic carbocycles. The molecule has 1 fully saturated rings. The molecule has 1 aliphatic heterocycles. The molecular weight excluding hydrogens is 367 g/mol. The van der Waals surface area contributed by atoms with Crippen LogP contribution in [0.25, 0.3) is 0 Å². The molecule has 0 radical (unpaired) electrons. The van der Waals surface area contributed by atoms with Crippen LogP contribution in [0.5, 0.6) is 5.75 Å². The number of amides is 1. The van der Waals surface area contributed by atoms with E-state index in [1.807, 2.05) is 4.90 Å². The summed E-state index contributed by atoms with van der Waals surface area (Å²) in [5, 5.41) is 13.3. The summed E-state index contributed by atoms with van der Waals surface area (Å²) >= 11 is 2.05. The predicted molar refractivity (Wildman–Crippen MR) is 88.0 cm³/mol. The van der Waals surface area contributed by atoms with Gasteiger partial charge in [0, 0.05) is 30.7 Å². The third-order valence-corrected chi connectivity index (χ3v) is 4.83. The van der Waals surface area contributed by atoms with Crippen molar-refractivity contribution < 1.29 is 9.90 Å². The molecule has 2 N–H and O–H groups in total. The third kappa shape index (κ3) is 3.25. The molecule has 0 aliphatic carbocycles. The number of hydrogen-bond donors (Lipinski definition) is 2. The van der Waals surface area contributed by atoms with E-state index in [1.54, 1.807) is 18.2 Å². The van der Waals surface area contributed by atoms with Gasteiger partial charge in [0.2, 0.25) is 0 Å². The van der Waals surface area contributed by atoms with E-state index in [0.29, 0.717) is 11.6 Å². The number of piperazine rings is 1. The van der Waals surface area contributed by atoms with Crippen molar-refractivity contribution in [1.29, 1.82) is 0 Å². The second kappa shape index (κ2) is 6.76. The summed E-state index contributed by atoms with van der Waals surface area (Å²) in [7, 11) is 0. The number of halogens is 1. The highest BCUT2D eigenvalue weighted by Gasteiger charge is 2.30. The predicted octanol–water partition coefficient (Wildman–Crippen LogP) is 2.60. The average molecular weight is 388 g/mol. The van der Waals surface area contributed by atoms with Gasteiger partial charge in [0.05, 0.1) is 3.57 Å². The molecule has 0 aromatic heterocycles. The summed E-state index contributed by atoms with van der Waals surface area (Å²) in [6.07, 6.45) is 1.95. The highest BCUT2D eigenvalue weighted by molar-refractivity contribution is 14.1. The first-order valence-electron chi connectivity index (χ1n) is 7.09. The van der Waals surface area contributed by atoms with Crippen molar-refractivity contribution in [2.75, 3.05) is 13.1 Å². The lowest BCUT2D eigenvalue weighted by Crippen LogP contribution is -2.57. The number of nitrogens with zero attached hydrogens (tertiary/aromatic N) is 1. The fourth-order valence-corrected chi connectivity index (χ4v) is 2.90. The number of carbonyl (C=O) groups is 1. The van der Waals surface area contributed by atoms with Crippen molar-refractivity contribution in [1.82, 2.24) is 10.2 Å². The van der Waals surface area contributed by atoms with Gasteiger partial charge in [-0.25, -0.2) is 0 Å². The van der Waals surface area contributed by atoms with Gasteiger partial charge in [0.15, 0.2) is 0 Å². The van der Waals surface area contributed by atoms with Crippen LogP contribution in [-0.4, -0.2) is 41.1 Å². The number of hydrogen-bond acceptors (Lipinski definition) is 3. The lowest BCUT2D eigenvalue weighted by atomic mass is 10.0. The molecule has 5 heteroatoms. The van der Waals surface area contributed by atoms with Gasteiger partial charge in [-0.2, -0.15) is 0 Å². The average Bonchev–Trinajstić information content (AvgIpc) is 2.48. The molecule has 1 aromatic rings. The molecule has 0 saturated carbocycles. The number of rotatable bonds is 3. The number of nitrogens with one attached hydrogen (secondary N) is 1. The Morgan fingerprint density at radius 2 is 2.20 bits per heavy atom. The Hall–Kier alpha value is -0.820. The first-order valence-corrected chi connectivity index (χ1v) is 8.17. The molecule has 2 unspecified atom stereocenters. The molecule has 2 rings (SSSR count). The molecule has 20 heavy (non-hydrogen) atoms. The summed E-state index contributed by atoms with van der Waals surface area (Å²) in [5.41, 5.74) is 0.568. The van der Waals surface area contributed by atoms with Gasteiger partial charge >= 0.3 is 0 Å². The molecule has 0 bridgehead atoms. The van der Waals surface area contributed by atoms with Gasteiger partial charge in [-0.05, 0) is 53.6 Å². The van der Waals surface area contributed by atoms with Crippen LogP contribution in [0.3, 0.4) is 0 Å². The van der Waals surface area contributed by atoms with Crippen LogP contribution in [0.1, 0.15) is 37.0 Å². The molecule has 110 valence electrons.